The third-order valence-electron chi connectivity index (χ3n) is 9.13. The Hall–Kier alpha value is -7.86. The van der Waals surface area contributed by atoms with Gasteiger partial charge >= 0.3 is 30.8 Å². The molecule has 8 aromatic heterocycles. The number of ether oxygens (including phenoxy) is 1. The fourth-order valence-corrected chi connectivity index (χ4v) is 6.29. The Labute approximate surface area is 355 Å². The van der Waals surface area contributed by atoms with E-state index in [2.05, 4.69) is 77.6 Å². The number of hydrogen-bond acceptors (Lipinski definition) is 16. The van der Waals surface area contributed by atoms with E-state index in [9.17, 15) is 9.59 Å². The first kappa shape index (κ1) is 41.3. The zero-order chi connectivity index (χ0) is 40.3. The van der Waals surface area contributed by atoms with Gasteiger partial charge in [-0.1, -0.05) is 34.7 Å². The largest absolute Gasteiger partial charge is 1.00 e. The fourth-order valence-electron chi connectivity index (χ4n) is 6.29. The molecule has 2 N–H and O–H groups in total. The van der Waals surface area contributed by atoms with Gasteiger partial charge in [0.05, 0.1) is 67.4 Å². The molecule has 0 saturated carbocycles. The molecule has 0 saturated heterocycles. The quantitative estimate of drug-likeness (QED) is 0.145. The number of rotatable bonds is 10. The minimum atomic E-state index is -0.964. The van der Waals surface area contributed by atoms with Gasteiger partial charge in [-0.05, 0) is 47.5 Å². The molecule has 0 bridgehead atoms. The molecule has 0 amide bonds. The normalized spacial score (nSPS) is 10.9. The Morgan fingerprint density at radius 2 is 1.15 bits per heavy atom. The second-order valence-corrected chi connectivity index (χ2v) is 13.2. The maximum atomic E-state index is 11.4. The van der Waals surface area contributed by atoms with Crippen LogP contribution in [0.3, 0.4) is 0 Å². The van der Waals surface area contributed by atoms with Gasteiger partial charge in [-0.15, -0.1) is 10.2 Å². The Morgan fingerprint density at radius 1 is 0.656 bits per heavy atom. The number of carboxylic acid groups (broad SMARTS) is 1. The van der Waals surface area contributed by atoms with Crippen molar-refractivity contribution in [2.45, 2.75) is 26.2 Å². The number of aliphatic carboxylic acids is 1. The van der Waals surface area contributed by atoms with Crippen LogP contribution in [0.2, 0.25) is 0 Å². The predicted molar refractivity (Wildman–Crippen MR) is 212 cm³/mol. The van der Waals surface area contributed by atoms with E-state index in [4.69, 9.17) is 5.11 Å². The number of carbonyl (C=O) groups is 2. The molecule has 21 nitrogen and oxygen atoms in total. The molecule has 22 heteroatoms. The van der Waals surface area contributed by atoms with Crippen LogP contribution in [-0.4, -0.2) is 109 Å². The van der Waals surface area contributed by atoms with E-state index in [1.54, 1.807) is 58.9 Å². The first-order valence-electron chi connectivity index (χ1n) is 18.0. The van der Waals surface area contributed by atoms with Crippen molar-refractivity contribution in [1.29, 1.82) is 0 Å². The average Bonchev–Trinajstić information content (AvgIpc) is 4.09. The SMILES string of the molecule is COC(=O)Cn1cc(-c2cnc3nnn(Cc4ccc5ncccc5c4)c3n2)cn1.O=C(O)Cn1cc(-c2cnc3nnn(Cc4ccc5ncccc5c4)c3n2)cn1.[Li+].[OH-]. The Kier molecular flexibility index (Phi) is 12.2. The summed E-state index contributed by atoms with van der Waals surface area (Å²) in [5.74, 6) is -1.34. The van der Waals surface area contributed by atoms with Gasteiger partial charge in [0, 0.05) is 46.7 Å². The molecule has 0 radical (unpaired) electrons. The molecule has 61 heavy (non-hydrogen) atoms. The zero-order valence-corrected chi connectivity index (χ0v) is 32.5. The maximum absolute atomic E-state index is 11.4. The van der Waals surface area contributed by atoms with E-state index in [1.807, 2.05) is 48.5 Å². The van der Waals surface area contributed by atoms with Gasteiger partial charge in [0.15, 0.2) is 11.3 Å². The molecule has 298 valence electrons. The second-order valence-electron chi connectivity index (χ2n) is 13.2. The van der Waals surface area contributed by atoms with Crippen molar-refractivity contribution >= 4 is 56.3 Å². The number of methoxy groups -OCH3 is 1. The van der Waals surface area contributed by atoms with Gasteiger partial charge in [-0.25, -0.2) is 29.3 Å². The smallest absolute Gasteiger partial charge is 0.870 e. The molecule has 0 aliphatic rings. The molecule has 10 rings (SSSR count). The third-order valence-corrected chi connectivity index (χ3v) is 9.13. The minimum Gasteiger partial charge on any atom is -0.870 e. The number of fused-ring (bicyclic) bond motifs is 4. The van der Waals surface area contributed by atoms with Crippen LogP contribution < -0.4 is 18.9 Å². The second kappa shape index (κ2) is 18.0. The maximum Gasteiger partial charge on any atom is 1.00 e. The van der Waals surface area contributed by atoms with Crippen molar-refractivity contribution in [2.24, 2.45) is 0 Å². The number of benzene rings is 2. The van der Waals surface area contributed by atoms with Crippen LogP contribution in [0.15, 0.2) is 110 Å². The third kappa shape index (κ3) is 9.08. The summed E-state index contributed by atoms with van der Waals surface area (Å²) >= 11 is 0. The minimum absolute atomic E-state index is 0. The van der Waals surface area contributed by atoms with Gasteiger partial charge in [0.2, 0.25) is 11.3 Å². The molecule has 8 heterocycles. The van der Waals surface area contributed by atoms with Crippen LogP contribution in [-0.2, 0) is 40.5 Å². The number of esters is 1. The van der Waals surface area contributed by atoms with Crippen molar-refractivity contribution < 1.29 is 43.8 Å². The first-order valence-corrected chi connectivity index (χ1v) is 18.0. The van der Waals surface area contributed by atoms with Crippen molar-refractivity contribution in [3.05, 3.63) is 121 Å². The van der Waals surface area contributed by atoms with Gasteiger partial charge in [0.1, 0.15) is 13.1 Å². The molecule has 0 aliphatic carbocycles. The van der Waals surface area contributed by atoms with Crippen molar-refractivity contribution in [2.75, 3.05) is 7.11 Å². The van der Waals surface area contributed by atoms with E-state index in [-0.39, 0.29) is 43.4 Å². The molecule has 0 aliphatic heterocycles. The molecule has 2 aromatic carbocycles. The number of aromatic nitrogens is 16. The van der Waals surface area contributed by atoms with Crippen LogP contribution in [0.5, 0.6) is 0 Å². The number of carboxylic acids is 1. The average molecular weight is 811 g/mol. The zero-order valence-electron chi connectivity index (χ0n) is 32.5. The van der Waals surface area contributed by atoms with Crippen LogP contribution >= 0.6 is 0 Å². The van der Waals surface area contributed by atoms with E-state index in [1.165, 1.54) is 16.5 Å². The van der Waals surface area contributed by atoms with Crippen molar-refractivity contribution in [1.82, 2.24) is 79.5 Å². The van der Waals surface area contributed by atoms with E-state index < -0.39 is 5.97 Å². The molecular formula is C39H31LiN16O5. The first-order chi connectivity index (χ1) is 28.8. The van der Waals surface area contributed by atoms with Gasteiger partial charge < -0.3 is 15.3 Å². The standard InChI is InChI=1S/C20H16N8O2.C19H14N8O2.Li.H2O/c1-30-18(29)12-27-11-15(8-23-27)17-9-22-19-20(24-17)28(26-25-19)10-13-4-5-16-14(7-13)3-2-6-21-16;28-17(29)11-26-10-14(7-22-26)16-8-21-18-19(23-16)27(25-24-18)9-12-3-4-15-13(6-12)2-1-5-20-15;;/h2-9,11H,10,12H2,1H3;1-8,10H,9,11H2,(H,28,29);;1H2/q;;+1;/p-1. The van der Waals surface area contributed by atoms with Gasteiger partial charge in [-0.3, -0.25) is 28.9 Å². The number of carbonyl (C=O) groups excluding carboxylic acids is 1. The molecular weight excluding hydrogens is 779 g/mol. The van der Waals surface area contributed by atoms with Crippen LogP contribution in [0.25, 0.3) is 66.9 Å². The summed E-state index contributed by atoms with van der Waals surface area (Å²) in [6, 6.07) is 19.9. The topological polar surface area (TPSA) is 268 Å². The molecule has 0 spiro atoms. The summed E-state index contributed by atoms with van der Waals surface area (Å²) in [4.78, 5) is 48.9. The molecule has 10 aromatic rings. The Bertz CT molecular complexity index is 3160. The molecule has 0 fully saturated rings. The van der Waals surface area contributed by atoms with Crippen molar-refractivity contribution in [3.8, 4) is 22.5 Å². The Morgan fingerprint density at radius 3 is 1.62 bits per heavy atom. The molecule has 0 atom stereocenters. The Balaban J connectivity index is 0.000000178. The van der Waals surface area contributed by atoms with Crippen LogP contribution in [0, 0.1) is 0 Å². The van der Waals surface area contributed by atoms with E-state index in [0.717, 1.165) is 38.5 Å². The number of hydrogen-bond donors (Lipinski definition) is 1. The van der Waals surface area contributed by atoms with E-state index in [0.29, 0.717) is 52.6 Å². The van der Waals surface area contributed by atoms with Gasteiger partial charge in [0.25, 0.3) is 0 Å². The van der Waals surface area contributed by atoms with Gasteiger partial charge in [-0.2, -0.15) is 10.2 Å². The number of pyridine rings is 2. The van der Waals surface area contributed by atoms with Crippen LogP contribution in [0.1, 0.15) is 11.1 Å². The summed E-state index contributed by atoms with van der Waals surface area (Å²) in [6.45, 7) is 0.799. The monoisotopic (exact) mass is 810 g/mol. The van der Waals surface area contributed by atoms with E-state index >= 15 is 0 Å². The summed E-state index contributed by atoms with van der Waals surface area (Å²) in [5.41, 5.74) is 8.57. The van der Waals surface area contributed by atoms with Crippen LogP contribution in [0.4, 0.5) is 0 Å². The van der Waals surface area contributed by atoms with Crippen molar-refractivity contribution in [3.63, 3.8) is 0 Å². The number of nitrogens with zero attached hydrogens (tertiary/aromatic N) is 16. The fraction of sp³-hybridized carbons (Fsp3) is 0.128. The summed E-state index contributed by atoms with van der Waals surface area (Å²) in [5, 5.41) is 35.8. The summed E-state index contributed by atoms with van der Waals surface area (Å²) in [7, 11) is 1.34. The summed E-state index contributed by atoms with van der Waals surface area (Å²) in [6.07, 6.45) is 13.3. The predicted octanol–water partition coefficient (Wildman–Crippen LogP) is 0.447. The molecule has 0 unspecified atom stereocenters. The summed E-state index contributed by atoms with van der Waals surface area (Å²) < 4.78 is 10.9.